The standard InChI is InChI=1S/C30H37N5O4/c1-20-29(38)35-18-22-16-24(19-34(17-22)30(39)23-12-14-31-15-13-23)26(35)8-5-9-27(36)33-25(28(37)32-20)11-10-21-6-3-2-4-7-21/h2-4,6-7,12-15,20,22,24-26H,5,8-11,16-19H2,1H3,(H,32,37)(H,33,36)/t20-,22+,24-,25+,26+/m1/s1. The molecular formula is C30H37N5O4. The first-order valence-electron chi connectivity index (χ1n) is 14.0. The van der Waals surface area contributed by atoms with Gasteiger partial charge in [0, 0.05) is 50.1 Å². The Hall–Kier alpha value is -3.75. The monoisotopic (exact) mass is 531 g/mol. The van der Waals surface area contributed by atoms with Crippen molar-refractivity contribution in [3.8, 4) is 0 Å². The van der Waals surface area contributed by atoms with Gasteiger partial charge in [0.25, 0.3) is 5.91 Å². The lowest BCUT2D eigenvalue weighted by molar-refractivity contribution is -0.145. The Morgan fingerprint density at radius 1 is 1.00 bits per heavy atom. The van der Waals surface area contributed by atoms with Gasteiger partial charge < -0.3 is 20.4 Å². The molecule has 4 amide bonds. The third-order valence-corrected chi connectivity index (χ3v) is 8.32. The zero-order valence-electron chi connectivity index (χ0n) is 22.4. The van der Waals surface area contributed by atoms with Crippen molar-refractivity contribution in [3.05, 3.63) is 66.0 Å². The minimum Gasteiger partial charge on any atom is -0.344 e. The Labute approximate surface area is 229 Å². The average Bonchev–Trinajstić information content (AvgIpc) is 2.95. The smallest absolute Gasteiger partial charge is 0.253 e. The number of amides is 4. The maximum Gasteiger partial charge on any atom is 0.253 e. The predicted molar refractivity (Wildman–Crippen MR) is 145 cm³/mol. The van der Waals surface area contributed by atoms with Crippen LogP contribution in [-0.4, -0.2) is 76.2 Å². The van der Waals surface area contributed by atoms with E-state index in [-0.39, 0.29) is 41.5 Å². The molecule has 2 N–H and O–H groups in total. The molecule has 5 atom stereocenters. The van der Waals surface area contributed by atoms with Crippen LogP contribution in [0, 0.1) is 11.8 Å². The van der Waals surface area contributed by atoms with Crippen molar-refractivity contribution in [2.45, 2.75) is 63.6 Å². The second-order valence-electron chi connectivity index (χ2n) is 11.1. The summed E-state index contributed by atoms with van der Waals surface area (Å²) < 4.78 is 0. The molecule has 3 aliphatic heterocycles. The molecule has 0 saturated carbocycles. The van der Waals surface area contributed by atoms with Gasteiger partial charge in [0.15, 0.2) is 0 Å². The molecule has 0 spiro atoms. The molecule has 3 saturated heterocycles. The number of hydrogen-bond donors (Lipinski definition) is 2. The molecule has 0 unspecified atom stereocenters. The van der Waals surface area contributed by atoms with Crippen LogP contribution in [0.25, 0.3) is 0 Å². The lowest BCUT2D eigenvalue weighted by atomic mass is 9.77. The third kappa shape index (κ3) is 6.29. The summed E-state index contributed by atoms with van der Waals surface area (Å²) in [5.74, 6) is -0.288. The van der Waals surface area contributed by atoms with Gasteiger partial charge in [0.05, 0.1) is 0 Å². The molecule has 2 bridgehead atoms. The number of nitrogens with one attached hydrogen (secondary N) is 2. The molecule has 0 radical (unpaired) electrons. The van der Waals surface area contributed by atoms with Gasteiger partial charge in [-0.3, -0.25) is 24.2 Å². The summed E-state index contributed by atoms with van der Waals surface area (Å²) in [5.41, 5.74) is 1.71. The highest BCUT2D eigenvalue weighted by Crippen LogP contribution is 2.36. The van der Waals surface area contributed by atoms with Crippen LogP contribution in [0.3, 0.4) is 0 Å². The van der Waals surface area contributed by atoms with E-state index in [9.17, 15) is 19.2 Å². The summed E-state index contributed by atoms with van der Waals surface area (Å²) in [7, 11) is 0. The largest absolute Gasteiger partial charge is 0.344 e. The van der Waals surface area contributed by atoms with E-state index in [1.807, 2.05) is 40.1 Å². The summed E-state index contributed by atoms with van der Waals surface area (Å²) in [4.78, 5) is 60.8. The Balaban J connectivity index is 1.29. The molecule has 9 nitrogen and oxygen atoms in total. The van der Waals surface area contributed by atoms with E-state index in [0.717, 1.165) is 12.0 Å². The van der Waals surface area contributed by atoms with Gasteiger partial charge in [0.1, 0.15) is 12.1 Å². The maximum atomic E-state index is 13.7. The van der Waals surface area contributed by atoms with Crippen LogP contribution in [-0.2, 0) is 20.8 Å². The lowest BCUT2D eigenvalue weighted by Gasteiger charge is -2.51. The number of piperidine rings is 2. The maximum absolute atomic E-state index is 13.7. The molecule has 3 aliphatic rings. The van der Waals surface area contributed by atoms with Crippen molar-refractivity contribution in [1.29, 1.82) is 0 Å². The quantitative estimate of drug-likeness (QED) is 0.628. The number of hydrogen-bond acceptors (Lipinski definition) is 5. The molecule has 4 heterocycles. The summed E-state index contributed by atoms with van der Waals surface area (Å²) in [6.45, 7) is 3.44. The number of pyridine rings is 1. The normalized spacial score (nSPS) is 27.9. The van der Waals surface area contributed by atoms with Crippen LogP contribution in [0.5, 0.6) is 0 Å². The second kappa shape index (κ2) is 12.0. The fourth-order valence-corrected chi connectivity index (χ4v) is 6.40. The van der Waals surface area contributed by atoms with Crippen LogP contribution >= 0.6 is 0 Å². The zero-order valence-corrected chi connectivity index (χ0v) is 22.4. The van der Waals surface area contributed by atoms with E-state index < -0.39 is 12.1 Å². The third-order valence-electron chi connectivity index (χ3n) is 8.32. The minimum absolute atomic E-state index is 0.0124. The van der Waals surface area contributed by atoms with E-state index in [0.29, 0.717) is 57.3 Å². The highest BCUT2D eigenvalue weighted by Gasteiger charge is 2.44. The predicted octanol–water partition coefficient (Wildman–Crippen LogP) is 2.18. The Morgan fingerprint density at radius 3 is 2.54 bits per heavy atom. The van der Waals surface area contributed by atoms with E-state index in [2.05, 4.69) is 15.6 Å². The van der Waals surface area contributed by atoms with Crippen molar-refractivity contribution in [2.24, 2.45) is 11.8 Å². The average molecular weight is 532 g/mol. The minimum atomic E-state index is -0.705. The number of aryl methyl sites for hydroxylation is 1. The molecule has 3 fully saturated rings. The van der Waals surface area contributed by atoms with Crippen LogP contribution in [0.4, 0.5) is 0 Å². The highest BCUT2D eigenvalue weighted by molar-refractivity contribution is 5.94. The SMILES string of the molecule is C[C@H]1NC(=O)[C@H](CCc2ccccc2)NC(=O)CCC[C@H]2[C@@H]3C[C@@H](CN(C(=O)c4ccncc4)C3)CN2C1=O. The van der Waals surface area contributed by atoms with Crippen molar-refractivity contribution < 1.29 is 19.2 Å². The number of benzene rings is 1. The fraction of sp³-hybridized carbons (Fsp3) is 0.500. The first-order chi connectivity index (χ1) is 18.9. The molecule has 0 aliphatic carbocycles. The number of carbonyl (C=O) groups is 4. The van der Waals surface area contributed by atoms with Gasteiger partial charge in [-0.15, -0.1) is 0 Å². The number of carbonyl (C=O) groups excluding carboxylic acids is 4. The van der Waals surface area contributed by atoms with E-state index in [1.165, 1.54) is 0 Å². The van der Waals surface area contributed by atoms with E-state index in [4.69, 9.17) is 0 Å². The molecular weight excluding hydrogens is 494 g/mol. The van der Waals surface area contributed by atoms with Gasteiger partial charge in [0.2, 0.25) is 17.7 Å². The molecule has 206 valence electrons. The topological polar surface area (TPSA) is 112 Å². The number of fused-ring (bicyclic) bond motifs is 4. The molecule has 5 rings (SSSR count). The van der Waals surface area contributed by atoms with Gasteiger partial charge in [-0.25, -0.2) is 0 Å². The van der Waals surface area contributed by atoms with Gasteiger partial charge in [-0.2, -0.15) is 0 Å². The highest BCUT2D eigenvalue weighted by atomic mass is 16.2. The number of nitrogens with zero attached hydrogens (tertiary/aromatic N) is 3. The number of likely N-dealkylation sites (tertiary alicyclic amines) is 1. The van der Waals surface area contributed by atoms with Crippen LogP contribution in [0.1, 0.15) is 54.9 Å². The van der Waals surface area contributed by atoms with Crippen LogP contribution < -0.4 is 10.6 Å². The Bertz CT molecular complexity index is 1190. The van der Waals surface area contributed by atoms with Gasteiger partial charge in [-0.1, -0.05) is 30.3 Å². The van der Waals surface area contributed by atoms with Crippen LogP contribution in [0.15, 0.2) is 54.9 Å². The molecule has 1 aromatic carbocycles. The first-order valence-corrected chi connectivity index (χ1v) is 14.0. The summed E-state index contributed by atoms with van der Waals surface area (Å²) in [5, 5.41) is 5.80. The van der Waals surface area contributed by atoms with E-state index >= 15 is 0 Å². The fourth-order valence-electron chi connectivity index (χ4n) is 6.40. The zero-order chi connectivity index (χ0) is 27.4. The Kier molecular flexibility index (Phi) is 8.24. The van der Waals surface area contributed by atoms with Crippen LogP contribution in [0.2, 0.25) is 0 Å². The molecule has 39 heavy (non-hydrogen) atoms. The first kappa shape index (κ1) is 26.8. The van der Waals surface area contributed by atoms with Crippen molar-refractivity contribution >= 4 is 23.6 Å². The summed E-state index contributed by atoms with van der Waals surface area (Å²) in [6, 6.07) is 11.8. The van der Waals surface area contributed by atoms with Gasteiger partial charge in [-0.05, 0) is 68.6 Å². The molecule has 2 aromatic rings. The number of rotatable bonds is 4. The molecule has 9 heteroatoms. The van der Waals surface area contributed by atoms with E-state index in [1.54, 1.807) is 31.5 Å². The summed E-state index contributed by atoms with van der Waals surface area (Å²) >= 11 is 0. The van der Waals surface area contributed by atoms with Gasteiger partial charge >= 0.3 is 0 Å². The molecule has 1 aromatic heterocycles. The Morgan fingerprint density at radius 2 is 1.77 bits per heavy atom. The van der Waals surface area contributed by atoms with Crippen molar-refractivity contribution in [1.82, 2.24) is 25.4 Å². The van der Waals surface area contributed by atoms with Crippen molar-refractivity contribution in [2.75, 3.05) is 19.6 Å². The lowest BCUT2D eigenvalue weighted by Crippen LogP contribution is -2.63. The van der Waals surface area contributed by atoms with Crippen molar-refractivity contribution in [3.63, 3.8) is 0 Å². The second-order valence-corrected chi connectivity index (χ2v) is 11.1. The summed E-state index contributed by atoms with van der Waals surface area (Å²) in [6.07, 6.45) is 6.89. The number of aromatic nitrogens is 1.